The Balaban J connectivity index is 2.21. The molecule has 0 unspecified atom stereocenters. The standard InChI is InChI=1S/C9H15N3/c1-7-8(4-5-10)6-11-12(7)9-2-3-9/h6,9H,2-5,10H2,1H3. The highest BCUT2D eigenvalue weighted by molar-refractivity contribution is 5.17. The molecule has 0 aliphatic heterocycles. The van der Waals surface area contributed by atoms with Gasteiger partial charge in [-0.25, -0.2) is 0 Å². The van der Waals surface area contributed by atoms with Gasteiger partial charge in [0.2, 0.25) is 0 Å². The summed E-state index contributed by atoms with van der Waals surface area (Å²) in [5.74, 6) is 0. The number of nitrogens with two attached hydrogens (primary N) is 1. The maximum atomic E-state index is 5.49. The van der Waals surface area contributed by atoms with Crippen LogP contribution in [-0.2, 0) is 6.42 Å². The highest BCUT2D eigenvalue weighted by atomic mass is 15.3. The molecular formula is C9H15N3. The normalized spacial score (nSPS) is 16.8. The average Bonchev–Trinajstić information content (AvgIpc) is 2.82. The minimum Gasteiger partial charge on any atom is -0.330 e. The molecule has 0 bridgehead atoms. The van der Waals surface area contributed by atoms with Crippen LogP contribution in [0.25, 0.3) is 0 Å². The Labute approximate surface area is 72.6 Å². The Morgan fingerprint density at radius 3 is 3.00 bits per heavy atom. The highest BCUT2D eigenvalue weighted by Crippen LogP contribution is 2.35. The molecule has 0 amide bonds. The van der Waals surface area contributed by atoms with Crippen molar-refractivity contribution in [2.45, 2.75) is 32.2 Å². The first-order valence-electron chi connectivity index (χ1n) is 4.56. The van der Waals surface area contributed by atoms with E-state index in [1.165, 1.54) is 24.1 Å². The second kappa shape index (κ2) is 2.90. The zero-order valence-corrected chi connectivity index (χ0v) is 7.45. The first kappa shape index (κ1) is 7.80. The SMILES string of the molecule is Cc1c(CCN)cnn1C1CC1. The first-order chi connectivity index (χ1) is 5.83. The van der Waals surface area contributed by atoms with Crippen molar-refractivity contribution in [3.05, 3.63) is 17.5 Å². The fourth-order valence-corrected chi connectivity index (χ4v) is 1.55. The third-order valence-corrected chi connectivity index (χ3v) is 2.45. The third kappa shape index (κ3) is 1.25. The van der Waals surface area contributed by atoms with Crippen molar-refractivity contribution in [3.8, 4) is 0 Å². The highest BCUT2D eigenvalue weighted by Gasteiger charge is 2.26. The minimum absolute atomic E-state index is 0.691. The lowest BCUT2D eigenvalue weighted by Crippen LogP contribution is -2.04. The van der Waals surface area contributed by atoms with Gasteiger partial charge < -0.3 is 5.73 Å². The molecule has 1 aromatic heterocycles. The van der Waals surface area contributed by atoms with Crippen LogP contribution in [-0.4, -0.2) is 16.3 Å². The molecule has 1 saturated carbocycles. The molecule has 1 fully saturated rings. The van der Waals surface area contributed by atoms with Gasteiger partial charge in [0.1, 0.15) is 0 Å². The van der Waals surface area contributed by atoms with Crippen LogP contribution in [0.4, 0.5) is 0 Å². The Hall–Kier alpha value is -0.830. The van der Waals surface area contributed by atoms with E-state index < -0.39 is 0 Å². The quantitative estimate of drug-likeness (QED) is 0.727. The van der Waals surface area contributed by atoms with E-state index in [1.54, 1.807) is 0 Å². The zero-order valence-electron chi connectivity index (χ0n) is 7.45. The van der Waals surface area contributed by atoms with Crippen molar-refractivity contribution in [3.63, 3.8) is 0 Å². The molecule has 0 radical (unpaired) electrons. The summed E-state index contributed by atoms with van der Waals surface area (Å²) >= 11 is 0. The van der Waals surface area contributed by atoms with Crippen LogP contribution in [0.1, 0.15) is 30.1 Å². The second-order valence-corrected chi connectivity index (χ2v) is 3.47. The predicted octanol–water partition coefficient (Wildman–Crippen LogP) is 1.03. The summed E-state index contributed by atoms with van der Waals surface area (Å²) in [5.41, 5.74) is 8.11. The molecule has 1 heterocycles. The van der Waals surface area contributed by atoms with Crippen LogP contribution in [0.5, 0.6) is 0 Å². The molecular weight excluding hydrogens is 150 g/mol. The van der Waals surface area contributed by atoms with Gasteiger partial charge in [0.25, 0.3) is 0 Å². The number of rotatable bonds is 3. The molecule has 0 aromatic carbocycles. The fourth-order valence-electron chi connectivity index (χ4n) is 1.55. The molecule has 1 aromatic rings. The lowest BCUT2D eigenvalue weighted by atomic mass is 10.2. The van der Waals surface area contributed by atoms with Gasteiger partial charge in [-0.3, -0.25) is 4.68 Å². The van der Waals surface area contributed by atoms with Gasteiger partial charge in [0.15, 0.2) is 0 Å². The summed E-state index contributed by atoms with van der Waals surface area (Å²) in [6, 6.07) is 0.691. The molecule has 0 spiro atoms. The number of aromatic nitrogens is 2. The summed E-state index contributed by atoms with van der Waals surface area (Å²) in [6.07, 6.45) is 5.51. The van der Waals surface area contributed by atoms with Crippen LogP contribution < -0.4 is 5.73 Å². The van der Waals surface area contributed by atoms with Crippen LogP contribution in [0.15, 0.2) is 6.20 Å². The number of hydrogen-bond acceptors (Lipinski definition) is 2. The molecule has 66 valence electrons. The van der Waals surface area contributed by atoms with E-state index in [4.69, 9.17) is 5.73 Å². The molecule has 3 nitrogen and oxygen atoms in total. The Morgan fingerprint density at radius 1 is 1.67 bits per heavy atom. The van der Waals surface area contributed by atoms with Crippen LogP contribution in [0.3, 0.4) is 0 Å². The van der Waals surface area contributed by atoms with E-state index in [0.29, 0.717) is 6.04 Å². The summed E-state index contributed by atoms with van der Waals surface area (Å²) in [4.78, 5) is 0. The summed E-state index contributed by atoms with van der Waals surface area (Å²) in [7, 11) is 0. The van der Waals surface area contributed by atoms with E-state index in [1.807, 2.05) is 6.20 Å². The molecule has 1 aliphatic rings. The zero-order chi connectivity index (χ0) is 8.55. The van der Waals surface area contributed by atoms with Crippen molar-refractivity contribution in [1.82, 2.24) is 9.78 Å². The topological polar surface area (TPSA) is 43.8 Å². The van der Waals surface area contributed by atoms with Gasteiger partial charge in [-0.15, -0.1) is 0 Å². The van der Waals surface area contributed by atoms with E-state index in [0.717, 1.165) is 13.0 Å². The lowest BCUT2D eigenvalue weighted by Gasteiger charge is -2.01. The Kier molecular flexibility index (Phi) is 1.89. The molecule has 1 aliphatic carbocycles. The van der Waals surface area contributed by atoms with Gasteiger partial charge >= 0.3 is 0 Å². The molecule has 0 atom stereocenters. The van der Waals surface area contributed by atoms with Crippen molar-refractivity contribution >= 4 is 0 Å². The number of nitrogens with zero attached hydrogens (tertiary/aromatic N) is 2. The van der Waals surface area contributed by atoms with Crippen LogP contribution in [0, 0.1) is 6.92 Å². The fraction of sp³-hybridized carbons (Fsp3) is 0.667. The van der Waals surface area contributed by atoms with Crippen molar-refractivity contribution < 1.29 is 0 Å². The maximum Gasteiger partial charge on any atom is 0.0525 e. The van der Waals surface area contributed by atoms with E-state index in [9.17, 15) is 0 Å². The van der Waals surface area contributed by atoms with Crippen LogP contribution in [0.2, 0.25) is 0 Å². The maximum absolute atomic E-state index is 5.49. The summed E-state index contributed by atoms with van der Waals surface area (Å²) in [5, 5.41) is 4.36. The minimum atomic E-state index is 0.691. The van der Waals surface area contributed by atoms with Crippen LogP contribution >= 0.6 is 0 Å². The van der Waals surface area contributed by atoms with E-state index in [-0.39, 0.29) is 0 Å². The van der Waals surface area contributed by atoms with Gasteiger partial charge in [0, 0.05) is 5.69 Å². The molecule has 12 heavy (non-hydrogen) atoms. The lowest BCUT2D eigenvalue weighted by molar-refractivity contribution is 0.621. The third-order valence-electron chi connectivity index (χ3n) is 2.45. The Morgan fingerprint density at radius 2 is 2.42 bits per heavy atom. The first-order valence-corrected chi connectivity index (χ1v) is 4.56. The Bertz CT molecular complexity index is 273. The van der Waals surface area contributed by atoms with Crippen molar-refractivity contribution in [2.75, 3.05) is 6.54 Å². The van der Waals surface area contributed by atoms with Gasteiger partial charge in [-0.1, -0.05) is 0 Å². The summed E-state index contributed by atoms with van der Waals surface area (Å²) in [6.45, 7) is 2.85. The monoisotopic (exact) mass is 165 g/mol. The molecule has 0 saturated heterocycles. The van der Waals surface area contributed by atoms with Gasteiger partial charge in [-0.2, -0.15) is 5.10 Å². The summed E-state index contributed by atoms with van der Waals surface area (Å²) < 4.78 is 2.14. The van der Waals surface area contributed by atoms with Crippen molar-refractivity contribution in [1.29, 1.82) is 0 Å². The van der Waals surface area contributed by atoms with Crippen molar-refractivity contribution in [2.24, 2.45) is 5.73 Å². The van der Waals surface area contributed by atoms with Gasteiger partial charge in [0.05, 0.1) is 12.2 Å². The largest absolute Gasteiger partial charge is 0.330 e. The van der Waals surface area contributed by atoms with E-state index >= 15 is 0 Å². The van der Waals surface area contributed by atoms with Gasteiger partial charge in [-0.05, 0) is 38.3 Å². The van der Waals surface area contributed by atoms with E-state index in [2.05, 4.69) is 16.7 Å². The molecule has 3 heteroatoms. The predicted molar refractivity (Wildman–Crippen MR) is 48.0 cm³/mol. The molecule has 2 N–H and O–H groups in total. The smallest absolute Gasteiger partial charge is 0.0525 e. The second-order valence-electron chi connectivity index (χ2n) is 3.47. The number of hydrogen-bond donors (Lipinski definition) is 1. The average molecular weight is 165 g/mol. The molecule has 2 rings (SSSR count).